The van der Waals surface area contributed by atoms with E-state index in [1.165, 1.54) is 38.5 Å². The Kier molecular flexibility index (Phi) is 42.9. The van der Waals surface area contributed by atoms with Crippen LogP contribution < -0.4 is 0 Å². The van der Waals surface area contributed by atoms with Crippen molar-refractivity contribution in [2.75, 3.05) is 13.2 Å². The summed E-state index contributed by atoms with van der Waals surface area (Å²) < 4.78 is 28.2. The van der Waals surface area contributed by atoms with E-state index in [9.17, 15) is 34.5 Å². The molecule has 404 valence electrons. The zero-order valence-corrected chi connectivity index (χ0v) is 44.2. The lowest BCUT2D eigenvalue weighted by Gasteiger charge is -2.40. The van der Waals surface area contributed by atoms with E-state index in [1.807, 2.05) is 18.2 Å². The van der Waals surface area contributed by atoms with Crippen LogP contribution in [0.4, 0.5) is 0 Å². The Morgan fingerprint density at radius 3 is 1.48 bits per heavy atom. The number of carbonyl (C=O) groups excluding carboxylic acids is 3. The Bertz CT molecular complexity index is 1560. The molecule has 1 heterocycles. The molecule has 0 aromatic carbocycles. The molecule has 6 atom stereocenters. The molecule has 0 radical (unpaired) electrons. The predicted molar refractivity (Wildman–Crippen MR) is 284 cm³/mol. The van der Waals surface area contributed by atoms with Crippen LogP contribution in [0.5, 0.6) is 0 Å². The average Bonchev–Trinajstić information content (AvgIpc) is 3.35. The Hall–Kier alpha value is -4.10. The number of rotatable bonds is 45. The minimum atomic E-state index is -1.93. The van der Waals surface area contributed by atoms with Crippen LogP contribution in [0.1, 0.15) is 213 Å². The lowest BCUT2D eigenvalue weighted by atomic mass is 9.98. The van der Waals surface area contributed by atoms with E-state index < -0.39 is 67.3 Å². The molecule has 1 fully saturated rings. The molecule has 0 aromatic rings. The topological polar surface area (TPSA) is 175 Å². The third-order valence-electron chi connectivity index (χ3n) is 11.9. The predicted octanol–water partition coefficient (Wildman–Crippen LogP) is 13.6. The Labute approximate surface area is 429 Å². The maximum Gasteiger partial charge on any atom is 0.335 e. The van der Waals surface area contributed by atoms with Gasteiger partial charge in [0.2, 0.25) is 0 Å². The van der Waals surface area contributed by atoms with Gasteiger partial charge in [-0.3, -0.25) is 14.4 Å². The number of aliphatic hydroxyl groups is 2. The van der Waals surface area contributed by atoms with Crippen LogP contribution in [0.2, 0.25) is 0 Å². The van der Waals surface area contributed by atoms with Crippen LogP contribution in [0.25, 0.3) is 0 Å². The van der Waals surface area contributed by atoms with E-state index in [2.05, 4.69) is 87.6 Å². The summed E-state index contributed by atoms with van der Waals surface area (Å²) in [5.41, 5.74) is 0. The van der Waals surface area contributed by atoms with Crippen molar-refractivity contribution >= 4 is 23.9 Å². The number of ether oxygens (including phenoxy) is 5. The van der Waals surface area contributed by atoms with E-state index in [0.717, 1.165) is 109 Å². The summed E-state index contributed by atoms with van der Waals surface area (Å²) in [6.07, 6.45) is 47.2. The molecule has 0 spiro atoms. The first kappa shape index (κ1) is 64.9. The largest absolute Gasteiger partial charge is 0.479 e. The first-order valence-corrected chi connectivity index (χ1v) is 27.6. The van der Waals surface area contributed by atoms with Gasteiger partial charge in [0.1, 0.15) is 18.8 Å². The highest BCUT2D eigenvalue weighted by Crippen LogP contribution is 2.26. The lowest BCUT2D eigenvalue weighted by molar-refractivity contribution is -0.301. The zero-order valence-electron chi connectivity index (χ0n) is 44.2. The van der Waals surface area contributed by atoms with Crippen LogP contribution in [0.3, 0.4) is 0 Å². The molecule has 12 nitrogen and oxygen atoms in total. The van der Waals surface area contributed by atoms with Crippen LogP contribution in [0.15, 0.2) is 85.1 Å². The molecular formula is C59H96O12. The molecule has 6 unspecified atom stereocenters. The van der Waals surface area contributed by atoms with E-state index >= 15 is 0 Å². The van der Waals surface area contributed by atoms with Gasteiger partial charge in [-0.25, -0.2) is 4.79 Å². The van der Waals surface area contributed by atoms with Gasteiger partial charge in [-0.1, -0.05) is 183 Å². The van der Waals surface area contributed by atoms with E-state index in [0.29, 0.717) is 25.7 Å². The van der Waals surface area contributed by atoms with Crippen molar-refractivity contribution in [3.63, 3.8) is 0 Å². The molecule has 0 bridgehead atoms. The Morgan fingerprint density at radius 2 is 0.944 bits per heavy atom. The summed E-state index contributed by atoms with van der Waals surface area (Å²) >= 11 is 0. The van der Waals surface area contributed by atoms with Crippen molar-refractivity contribution in [2.24, 2.45) is 0 Å². The lowest BCUT2D eigenvalue weighted by Crippen LogP contribution is -2.61. The van der Waals surface area contributed by atoms with Crippen LogP contribution >= 0.6 is 0 Å². The van der Waals surface area contributed by atoms with Gasteiger partial charge in [-0.2, -0.15) is 0 Å². The maximum absolute atomic E-state index is 13.1. The fourth-order valence-electron chi connectivity index (χ4n) is 7.71. The number of aliphatic hydroxyl groups excluding tert-OH is 2. The molecule has 1 aliphatic rings. The second-order valence-corrected chi connectivity index (χ2v) is 18.5. The first-order valence-electron chi connectivity index (χ1n) is 27.6. The molecule has 1 rings (SSSR count). The monoisotopic (exact) mass is 997 g/mol. The smallest absolute Gasteiger partial charge is 0.335 e. The number of carboxylic acids is 1. The van der Waals surface area contributed by atoms with Gasteiger partial charge in [0.05, 0.1) is 6.61 Å². The van der Waals surface area contributed by atoms with Gasteiger partial charge in [0, 0.05) is 19.3 Å². The number of esters is 3. The van der Waals surface area contributed by atoms with Gasteiger partial charge in [0.25, 0.3) is 0 Å². The summed E-state index contributed by atoms with van der Waals surface area (Å²) in [6.45, 7) is 5.73. The molecule has 0 amide bonds. The number of hydrogen-bond donors (Lipinski definition) is 3. The maximum atomic E-state index is 13.1. The number of carboxylic acid groups (broad SMARTS) is 1. The molecule has 1 saturated heterocycles. The Balaban J connectivity index is 2.77. The van der Waals surface area contributed by atoms with E-state index in [-0.39, 0.29) is 25.9 Å². The van der Waals surface area contributed by atoms with Crippen LogP contribution in [0, 0.1) is 0 Å². The summed E-state index contributed by atoms with van der Waals surface area (Å²) in [5.74, 6) is -3.26. The van der Waals surface area contributed by atoms with Gasteiger partial charge >= 0.3 is 23.9 Å². The molecule has 3 N–H and O–H groups in total. The highest BCUT2D eigenvalue weighted by atomic mass is 16.7. The van der Waals surface area contributed by atoms with Gasteiger partial charge in [-0.15, -0.1) is 0 Å². The summed E-state index contributed by atoms with van der Waals surface area (Å²) in [6, 6.07) is 0. The highest BCUT2D eigenvalue weighted by Gasteiger charge is 2.50. The standard InChI is InChI=1S/C59H96O12/c1-4-7-10-13-16-19-22-25-26-29-30-33-36-39-42-45-51(60)67-48-50(69-52(61)46-43-40-37-34-31-27-23-20-17-14-11-8-5-2)49-68-59-57(55(64)54(63)56(71-59)58(65)66)70-53(62)47-44-41-38-35-32-28-24-21-18-15-12-9-6-3/h9,11-12,14,18,20-21,23,25-26,28,32,38,41,50,54-57,59,63-64H,4-8,10,13,15-17,19,22,24,27,29-31,33-37,39-40,42-49H2,1-3H3,(H,65,66)/b12-9-,14-11-,21-18-,23-20-,26-25-,32-28-,41-38-. The second-order valence-electron chi connectivity index (χ2n) is 18.5. The van der Waals surface area contributed by atoms with Crippen molar-refractivity contribution in [2.45, 2.75) is 250 Å². The van der Waals surface area contributed by atoms with Gasteiger partial charge in [-0.05, 0) is 96.3 Å². The van der Waals surface area contributed by atoms with Crippen molar-refractivity contribution in [1.29, 1.82) is 0 Å². The SMILES string of the molecule is CC/C=C\C/C=C\C/C=C\C/C=C\CCC(=O)OC1C(OCC(COC(=O)CCCCCCC/C=C\CCCCCCCC)OC(=O)CCCCCCC/C=C\C/C=C\CCC)OC(C(=O)O)C(O)C1O. The van der Waals surface area contributed by atoms with Crippen molar-refractivity contribution in [1.82, 2.24) is 0 Å². The molecule has 1 aliphatic heterocycles. The number of unbranched alkanes of at least 4 members (excludes halogenated alkanes) is 17. The molecule has 71 heavy (non-hydrogen) atoms. The minimum Gasteiger partial charge on any atom is -0.479 e. The number of aliphatic carboxylic acids is 1. The van der Waals surface area contributed by atoms with Crippen LogP contribution in [-0.4, -0.2) is 89.2 Å². The third kappa shape index (κ3) is 37.3. The highest BCUT2D eigenvalue weighted by molar-refractivity contribution is 5.74. The fraction of sp³-hybridized carbons (Fsp3) is 0.695. The van der Waals surface area contributed by atoms with Gasteiger partial charge < -0.3 is 39.0 Å². The quantitative estimate of drug-likeness (QED) is 0.0228. The number of hydrogen-bond acceptors (Lipinski definition) is 11. The zero-order chi connectivity index (χ0) is 51.8. The summed E-state index contributed by atoms with van der Waals surface area (Å²) in [4.78, 5) is 50.9. The van der Waals surface area contributed by atoms with E-state index in [4.69, 9.17) is 23.7 Å². The molecule has 0 aliphatic carbocycles. The second kappa shape index (κ2) is 46.9. The van der Waals surface area contributed by atoms with Crippen molar-refractivity contribution in [3.8, 4) is 0 Å². The van der Waals surface area contributed by atoms with Crippen LogP contribution in [-0.2, 0) is 42.9 Å². The summed E-state index contributed by atoms with van der Waals surface area (Å²) in [7, 11) is 0. The molecule has 0 aromatic heterocycles. The summed E-state index contributed by atoms with van der Waals surface area (Å²) in [5, 5.41) is 31.3. The molecular weight excluding hydrogens is 901 g/mol. The first-order chi connectivity index (χ1) is 34.6. The number of carbonyl (C=O) groups is 4. The number of allylic oxidation sites excluding steroid dienone is 14. The average molecular weight is 997 g/mol. The van der Waals surface area contributed by atoms with E-state index in [1.54, 1.807) is 0 Å². The minimum absolute atomic E-state index is 0.0659. The molecule has 12 heteroatoms. The molecule has 0 saturated carbocycles. The van der Waals surface area contributed by atoms with Crippen molar-refractivity contribution < 1.29 is 58.2 Å². The fourth-order valence-corrected chi connectivity index (χ4v) is 7.71. The van der Waals surface area contributed by atoms with Gasteiger partial charge in [0.15, 0.2) is 24.6 Å². The van der Waals surface area contributed by atoms with Crippen molar-refractivity contribution in [3.05, 3.63) is 85.1 Å². The normalized spacial score (nSPS) is 19.1. The third-order valence-corrected chi connectivity index (χ3v) is 11.9. The Morgan fingerprint density at radius 1 is 0.479 bits per heavy atom.